The number of carbonyl (C=O) groups is 1. The Labute approximate surface area is 117 Å². The number of amides is 1. The lowest BCUT2D eigenvalue weighted by Gasteiger charge is -2.43. The van der Waals surface area contributed by atoms with Crippen LogP contribution in [-0.2, 0) is 0 Å². The SMILES string of the molecule is CC(C)(C(N)=NO)N1CCN(C(=O)c2ccn[nH]2)CC1. The van der Waals surface area contributed by atoms with E-state index in [-0.39, 0.29) is 11.7 Å². The summed E-state index contributed by atoms with van der Waals surface area (Å²) in [6.07, 6.45) is 1.56. The number of hydrogen-bond donors (Lipinski definition) is 3. The second kappa shape index (κ2) is 5.49. The molecule has 0 saturated carbocycles. The monoisotopic (exact) mass is 280 g/mol. The van der Waals surface area contributed by atoms with E-state index in [4.69, 9.17) is 10.9 Å². The molecule has 0 radical (unpaired) electrons. The summed E-state index contributed by atoms with van der Waals surface area (Å²) >= 11 is 0. The van der Waals surface area contributed by atoms with E-state index in [1.165, 1.54) is 0 Å². The molecule has 0 atom stereocenters. The molecule has 0 unspecified atom stereocenters. The molecule has 8 nitrogen and oxygen atoms in total. The predicted octanol–water partition coefficient (Wildman–Crippen LogP) is -0.307. The number of nitrogens with two attached hydrogens (primary N) is 1. The molecule has 0 bridgehead atoms. The van der Waals surface area contributed by atoms with Crippen LogP contribution >= 0.6 is 0 Å². The van der Waals surface area contributed by atoms with Crippen LogP contribution in [0.1, 0.15) is 24.3 Å². The summed E-state index contributed by atoms with van der Waals surface area (Å²) in [7, 11) is 0. The summed E-state index contributed by atoms with van der Waals surface area (Å²) in [6.45, 7) is 6.33. The highest BCUT2D eigenvalue weighted by Crippen LogP contribution is 2.18. The van der Waals surface area contributed by atoms with Crippen molar-refractivity contribution in [1.29, 1.82) is 0 Å². The van der Waals surface area contributed by atoms with E-state index < -0.39 is 5.54 Å². The van der Waals surface area contributed by atoms with Crippen molar-refractivity contribution in [3.8, 4) is 0 Å². The fourth-order valence-electron chi connectivity index (χ4n) is 2.30. The average molecular weight is 280 g/mol. The van der Waals surface area contributed by atoms with Crippen LogP contribution in [0.4, 0.5) is 0 Å². The van der Waals surface area contributed by atoms with Crippen LogP contribution < -0.4 is 5.73 Å². The van der Waals surface area contributed by atoms with Crippen molar-refractivity contribution in [1.82, 2.24) is 20.0 Å². The molecule has 0 aliphatic carbocycles. The van der Waals surface area contributed by atoms with Gasteiger partial charge in [0.15, 0.2) is 5.84 Å². The van der Waals surface area contributed by atoms with Gasteiger partial charge in [0.05, 0.1) is 5.54 Å². The molecule has 20 heavy (non-hydrogen) atoms. The first-order valence-electron chi connectivity index (χ1n) is 6.48. The Morgan fingerprint density at radius 1 is 1.45 bits per heavy atom. The van der Waals surface area contributed by atoms with E-state index in [9.17, 15) is 4.79 Å². The van der Waals surface area contributed by atoms with Gasteiger partial charge in [0.1, 0.15) is 5.69 Å². The van der Waals surface area contributed by atoms with Crippen LogP contribution in [0.15, 0.2) is 17.4 Å². The topological polar surface area (TPSA) is 111 Å². The molecule has 1 aromatic rings. The van der Waals surface area contributed by atoms with Crippen molar-refractivity contribution in [2.24, 2.45) is 10.9 Å². The molecule has 0 spiro atoms. The van der Waals surface area contributed by atoms with Crippen molar-refractivity contribution < 1.29 is 10.0 Å². The van der Waals surface area contributed by atoms with Crippen molar-refractivity contribution in [3.05, 3.63) is 18.0 Å². The first-order valence-corrected chi connectivity index (χ1v) is 6.48. The molecule has 1 amide bonds. The maximum atomic E-state index is 12.2. The number of nitrogens with zero attached hydrogens (tertiary/aromatic N) is 4. The van der Waals surface area contributed by atoms with Crippen LogP contribution in [0, 0.1) is 0 Å². The molecule has 1 aliphatic heterocycles. The zero-order valence-electron chi connectivity index (χ0n) is 11.7. The third-order valence-corrected chi connectivity index (χ3v) is 3.82. The van der Waals surface area contributed by atoms with Gasteiger partial charge in [-0.2, -0.15) is 5.10 Å². The highest BCUT2D eigenvalue weighted by molar-refractivity contribution is 5.92. The molecular weight excluding hydrogens is 260 g/mol. The number of rotatable bonds is 3. The van der Waals surface area contributed by atoms with Crippen molar-refractivity contribution in [2.75, 3.05) is 26.2 Å². The van der Waals surface area contributed by atoms with Crippen LogP contribution in [0.3, 0.4) is 0 Å². The van der Waals surface area contributed by atoms with E-state index in [0.29, 0.717) is 31.9 Å². The van der Waals surface area contributed by atoms with Crippen LogP contribution in [0.5, 0.6) is 0 Å². The molecular formula is C12H20N6O2. The lowest BCUT2D eigenvalue weighted by molar-refractivity contribution is 0.0526. The Balaban J connectivity index is 1.98. The number of aromatic nitrogens is 2. The van der Waals surface area contributed by atoms with E-state index in [1.807, 2.05) is 13.8 Å². The molecule has 2 heterocycles. The average Bonchev–Trinajstić information content (AvgIpc) is 2.99. The van der Waals surface area contributed by atoms with Crippen LogP contribution in [0.2, 0.25) is 0 Å². The number of nitrogens with one attached hydrogen (secondary N) is 1. The quantitative estimate of drug-likeness (QED) is 0.304. The van der Waals surface area contributed by atoms with Gasteiger partial charge in [-0.15, -0.1) is 0 Å². The predicted molar refractivity (Wildman–Crippen MR) is 73.6 cm³/mol. The lowest BCUT2D eigenvalue weighted by atomic mass is 10.00. The van der Waals surface area contributed by atoms with Gasteiger partial charge in [-0.05, 0) is 19.9 Å². The first-order chi connectivity index (χ1) is 9.46. The zero-order chi connectivity index (χ0) is 14.8. The van der Waals surface area contributed by atoms with Gasteiger partial charge >= 0.3 is 0 Å². The third kappa shape index (κ3) is 2.60. The van der Waals surface area contributed by atoms with Crippen LogP contribution in [0.25, 0.3) is 0 Å². The van der Waals surface area contributed by atoms with Crippen molar-refractivity contribution >= 4 is 11.7 Å². The Morgan fingerprint density at radius 3 is 2.60 bits per heavy atom. The largest absolute Gasteiger partial charge is 0.409 e. The molecule has 4 N–H and O–H groups in total. The van der Waals surface area contributed by atoms with E-state index in [2.05, 4.69) is 20.3 Å². The first kappa shape index (κ1) is 14.3. The summed E-state index contributed by atoms with van der Waals surface area (Å²) < 4.78 is 0. The van der Waals surface area contributed by atoms with Crippen LogP contribution in [-0.4, -0.2) is 68.7 Å². The van der Waals surface area contributed by atoms with Crippen molar-refractivity contribution in [2.45, 2.75) is 19.4 Å². The van der Waals surface area contributed by atoms with E-state index in [0.717, 1.165) is 0 Å². The number of H-pyrrole nitrogens is 1. The molecule has 2 rings (SSSR count). The van der Waals surface area contributed by atoms with Gasteiger partial charge in [-0.1, -0.05) is 5.16 Å². The Kier molecular flexibility index (Phi) is 3.93. The van der Waals surface area contributed by atoms with Gasteiger partial charge in [0.25, 0.3) is 5.91 Å². The number of oxime groups is 1. The Hall–Kier alpha value is -2.09. The van der Waals surface area contributed by atoms with Gasteiger partial charge in [0, 0.05) is 32.4 Å². The number of aromatic amines is 1. The molecule has 1 saturated heterocycles. The Morgan fingerprint density at radius 2 is 2.10 bits per heavy atom. The zero-order valence-corrected chi connectivity index (χ0v) is 11.7. The highest BCUT2D eigenvalue weighted by Gasteiger charge is 2.34. The number of carbonyl (C=O) groups excluding carboxylic acids is 1. The second-order valence-corrected chi connectivity index (χ2v) is 5.29. The second-order valence-electron chi connectivity index (χ2n) is 5.29. The van der Waals surface area contributed by atoms with Gasteiger partial charge in [-0.25, -0.2) is 0 Å². The standard InChI is InChI=1S/C12H20N6O2/c1-12(2,11(13)16-20)18-7-5-17(6-8-18)10(19)9-3-4-14-15-9/h3-4,20H,5-8H2,1-2H3,(H2,13,16)(H,14,15). The van der Waals surface area contributed by atoms with Gasteiger partial charge in [0.2, 0.25) is 0 Å². The van der Waals surface area contributed by atoms with Gasteiger partial charge < -0.3 is 15.8 Å². The fourth-order valence-corrected chi connectivity index (χ4v) is 2.30. The summed E-state index contributed by atoms with van der Waals surface area (Å²) in [5.74, 6) is 0.120. The molecule has 8 heteroatoms. The molecule has 1 fully saturated rings. The molecule has 1 aromatic heterocycles. The van der Waals surface area contributed by atoms with Gasteiger partial charge in [-0.3, -0.25) is 14.8 Å². The minimum absolute atomic E-state index is 0.0521. The van der Waals surface area contributed by atoms with Crippen molar-refractivity contribution in [3.63, 3.8) is 0 Å². The maximum absolute atomic E-state index is 12.2. The molecule has 0 aromatic carbocycles. The normalized spacial score (nSPS) is 18.3. The smallest absolute Gasteiger partial charge is 0.271 e. The number of hydrogen-bond acceptors (Lipinski definition) is 5. The minimum Gasteiger partial charge on any atom is -0.409 e. The fraction of sp³-hybridized carbons (Fsp3) is 0.583. The summed E-state index contributed by atoms with van der Waals surface area (Å²) in [4.78, 5) is 16.0. The summed E-state index contributed by atoms with van der Waals surface area (Å²) in [5, 5.41) is 18.4. The van der Waals surface area contributed by atoms with E-state index >= 15 is 0 Å². The molecule has 110 valence electrons. The number of piperazine rings is 1. The lowest BCUT2D eigenvalue weighted by Crippen LogP contribution is -2.60. The highest BCUT2D eigenvalue weighted by atomic mass is 16.4. The maximum Gasteiger partial charge on any atom is 0.271 e. The molecule has 1 aliphatic rings. The minimum atomic E-state index is -0.530. The Bertz CT molecular complexity index is 488. The van der Waals surface area contributed by atoms with E-state index in [1.54, 1.807) is 17.2 Å². The number of amidine groups is 1. The summed E-state index contributed by atoms with van der Waals surface area (Å²) in [5.41, 5.74) is 5.68. The third-order valence-electron chi connectivity index (χ3n) is 3.82. The summed E-state index contributed by atoms with van der Waals surface area (Å²) in [6, 6.07) is 1.66.